The number of nitrogens with one attached hydrogen (secondary N) is 1. The molecule has 0 atom stereocenters. The maximum absolute atomic E-state index is 6.03. The number of hydrogen-bond donors (Lipinski definition) is 1. The first-order chi connectivity index (χ1) is 10.2. The minimum Gasteiger partial charge on any atom is -0.489 e. The van der Waals surface area contributed by atoms with E-state index in [0.717, 1.165) is 25.3 Å². The fourth-order valence-electron chi connectivity index (χ4n) is 2.36. The summed E-state index contributed by atoms with van der Waals surface area (Å²) in [7, 11) is 0. The molecule has 2 heteroatoms. The van der Waals surface area contributed by atoms with Crippen LogP contribution >= 0.6 is 0 Å². The van der Waals surface area contributed by atoms with Crippen LogP contribution in [0.15, 0.2) is 42.5 Å². The highest BCUT2D eigenvalue weighted by Crippen LogP contribution is 2.21. The monoisotopic (exact) mass is 283 g/mol. The standard InChI is InChI=1S/C19H25NO/c1-4-20-12-11-17-7-5-6-8-18(17)14-21-19-13-15(2)9-10-16(19)3/h5-10,13,20H,4,11-12,14H2,1-3H3. The minimum absolute atomic E-state index is 0.632. The molecule has 2 aromatic rings. The van der Waals surface area contributed by atoms with E-state index in [0.29, 0.717) is 6.61 Å². The van der Waals surface area contributed by atoms with E-state index in [2.05, 4.69) is 68.6 Å². The number of hydrogen-bond acceptors (Lipinski definition) is 2. The van der Waals surface area contributed by atoms with Gasteiger partial charge in [-0.3, -0.25) is 0 Å². The van der Waals surface area contributed by atoms with Gasteiger partial charge >= 0.3 is 0 Å². The normalized spacial score (nSPS) is 10.6. The van der Waals surface area contributed by atoms with Gasteiger partial charge in [0.15, 0.2) is 0 Å². The third-order valence-corrected chi connectivity index (χ3v) is 3.67. The average Bonchev–Trinajstić information content (AvgIpc) is 2.49. The van der Waals surface area contributed by atoms with Gasteiger partial charge in [-0.2, -0.15) is 0 Å². The highest BCUT2D eigenvalue weighted by molar-refractivity contribution is 5.36. The number of rotatable bonds is 7. The van der Waals surface area contributed by atoms with Gasteiger partial charge in [0.2, 0.25) is 0 Å². The Morgan fingerprint density at radius 2 is 1.76 bits per heavy atom. The van der Waals surface area contributed by atoms with E-state index >= 15 is 0 Å². The molecule has 0 amide bonds. The molecule has 0 spiro atoms. The Hall–Kier alpha value is -1.80. The third-order valence-electron chi connectivity index (χ3n) is 3.67. The second kappa shape index (κ2) is 7.84. The van der Waals surface area contributed by atoms with Crippen LogP contribution in [0.3, 0.4) is 0 Å². The van der Waals surface area contributed by atoms with Crippen molar-refractivity contribution < 1.29 is 4.74 Å². The van der Waals surface area contributed by atoms with Crippen LogP contribution in [-0.2, 0) is 13.0 Å². The van der Waals surface area contributed by atoms with E-state index in [9.17, 15) is 0 Å². The van der Waals surface area contributed by atoms with E-state index in [-0.39, 0.29) is 0 Å². The van der Waals surface area contributed by atoms with E-state index < -0.39 is 0 Å². The molecule has 0 saturated carbocycles. The van der Waals surface area contributed by atoms with Crippen molar-refractivity contribution in [3.8, 4) is 5.75 Å². The van der Waals surface area contributed by atoms with Gasteiger partial charge < -0.3 is 10.1 Å². The highest BCUT2D eigenvalue weighted by Gasteiger charge is 2.04. The molecule has 2 aromatic carbocycles. The predicted molar refractivity (Wildman–Crippen MR) is 88.9 cm³/mol. The molecule has 2 rings (SSSR count). The van der Waals surface area contributed by atoms with Crippen molar-refractivity contribution in [2.75, 3.05) is 13.1 Å². The molecule has 0 radical (unpaired) electrons. The van der Waals surface area contributed by atoms with Crippen molar-refractivity contribution in [1.29, 1.82) is 0 Å². The van der Waals surface area contributed by atoms with Crippen LogP contribution in [0, 0.1) is 13.8 Å². The zero-order chi connectivity index (χ0) is 15.1. The number of aryl methyl sites for hydroxylation is 2. The molecule has 0 unspecified atom stereocenters. The summed E-state index contributed by atoms with van der Waals surface area (Å²) < 4.78 is 6.03. The minimum atomic E-state index is 0.632. The lowest BCUT2D eigenvalue weighted by Crippen LogP contribution is -2.17. The first-order valence-corrected chi connectivity index (χ1v) is 7.68. The maximum atomic E-state index is 6.03. The van der Waals surface area contributed by atoms with Crippen LogP contribution in [0.1, 0.15) is 29.2 Å². The smallest absolute Gasteiger partial charge is 0.122 e. The van der Waals surface area contributed by atoms with E-state index in [1.54, 1.807) is 0 Å². The summed E-state index contributed by atoms with van der Waals surface area (Å²) in [6.45, 7) is 8.97. The predicted octanol–water partition coefficient (Wildman–Crippen LogP) is 4.03. The Morgan fingerprint density at radius 1 is 1.00 bits per heavy atom. The Morgan fingerprint density at radius 3 is 2.52 bits per heavy atom. The van der Waals surface area contributed by atoms with Crippen LogP contribution in [0.2, 0.25) is 0 Å². The number of ether oxygens (including phenoxy) is 1. The van der Waals surface area contributed by atoms with Gasteiger partial charge in [-0.15, -0.1) is 0 Å². The summed E-state index contributed by atoms with van der Waals surface area (Å²) in [5.74, 6) is 0.983. The largest absolute Gasteiger partial charge is 0.489 e. The average molecular weight is 283 g/mol. The van der Waals surface area contributed by atoms with Crippen LogP contribution in [0.5, 0.6) is 5.75 Å². The fraction of sp³-hybridized carbons (Fsp3) is 0.368. The van der Waals surface area contributed by atoms with Gasteiger partial charge in [0.1, 0.15) is 12.4 Å². The van der Waals surface area contributed by atoms with Gasteiger partial charge in [-0.1, -0.05) is 43.3 Å². The topological polar surface area (TPSA) is 21.3 Å². The second-order valence-corrected chi connectivity index (χ2v) is 5.43. The maximum Gasteiger partial charge on any atom is 0.122 e. The van der Waals surface area contributed by atoms with Crippen molar-refractivity contribution in [2.45, 2.75) is 33.8 Å². The summed E-state index contributed by atoms with van der Waals surface area (Å²) in [5, 5.41) is 3.37. The molecule has 0 heterocycles. The first kappa shape index (κ1) is 15.6. The molecule has 0 aliphatic carbocycles. The summed E-state index contributed by atoms with van der Waals surface area (Å²) >= 11 is 0. The summed E-state index contributed by atoms with van der Waals surface area (Å²) in [4.78, 5) is 0. The van der Waals surface area contributed by atoms with Crippen molar-refractivity contribution in [3.05, 3.63) is 64.7 Å². The Labute approximate surface area is 128 Å². The molecule has 0 aromatic heterocycles. The first-order valence-electron chi connectivity index (χ1n) is 7.68. The SMILES string of the molecule is CCNCCc1ccccc1COc1cc(C)ccc1C. The van der Waals surface area contributed by atoms with Crippen LogP contribution in [0.4, 0.5) is 0 Å². The van der Waals surface area contributed by atoms with Crippen molar-refractivity contribution >= 4 is 0 Å². The van der Waals surface area contributed by atoms with Gasteiger partial charge in [0.05, 0.1) is 0 Å². The Balaban J connectivity index is 2.04. The third kappa shape index (κ3) is 4.61. The van der Waals surface area contributed by atoms with Gasteiger partial charge in [0.25, 0.3) is 0 Å². The molecule has 0 aliphatic rings. The number of likely N-dealkylation sites (N-methyl/N-ethyl adjacent to an activating group) is 1. The molecule has 0 saturated heterocycles. The van der Waals surface area contributed by atoms with E-state index in [1.165, 1.54) is 22.3 Å². The molecule has 0 fully saturated rings. The molecule has 1 N–H and O–H groups in total. The molecular formula is C19H25NO. The molecule has 2 nitrogen and oxygen atoms in total. The zero-order valence-electron chi connectivity index (χ0n) is 13.3. The zero-order valence-corrected chi connectivity index (χ0v) is 13.3. The van der Waals surface area contributed by atoms with Crippen molar-refractivity contribution in [3.63, 3.8) is 0 Å². The summed E-state index contributed by atoms with van der Waals surface area (Å²) in [5.41, 5.74) is 5.06. The van der Waals surface area contributed by atoms with Crippen LogP contribution < -0.4 is 10.1 Å². The lowest BCUT2D eigenvalue weighted by Gasteiger charge is -2.13. The van der Waals surface area contributed by atoms with Crippen LogP contribution in [0.25, 0.3) is 0 Å². The molecule has 112 valence electrons. The number of benzene rings is 2. The van der Waals surface area contributed by atoms with E-state index in [4.69, 9.17) is 4.74 Å². The van der Waals surface area contributed by atoms with Crippen molar-refractivity contribution in [1.82, 2.24) is 5.32 Å². The quantitative estimate of drug-likeness (QED) is 0.775. The van der Waals surface area contributed by atoms with Gasteiger partial charge in [-0.05, 0) is 61.7 Å². The summed E-state index contributed by atoms with van der Waals surface area (Å²) in [6.07, 6.45) is 1.04. The molecule has 0 bridgehead atoms. The molecule has 0 aliphatic heterocycles. The van der Waals surface area contributed by atoms with Crippen molar-refractivity contribution in [2.24, 2.45) is 0 Å². The fourth-order valence-corrected chi connectivity index (χ4v) is 2.36. The Kier molecular flexibility index (Phi) is 5.82. The van der Waals surface area contributed by atoms with Gasteiger partial charge in [0, 0.05) is 0 Å². The molecule has 21 heavy (non-hydrogen) atoms. The summed E-state index contributed by atoms with van der Waals surface area (Å²) in [6, 6.07) is 14.9. The molecular weight excluding hydrogens is 258 g/mol. The van der Waals surface area contributed by atoms with Crippen LogP contribution in [-0.4, -0.2) is 13.1 Å². The Bertz CT molecular complexity index is 578. The second-order valence-electron chi connectivity index (χ2n) is 5.43. The van der Waals surface area contributed by atoms with E-state index in [1.807, 2.05) is 0 Å². The highest BCUT2D eigenvalue weighted by atomic mass is 16.5. The lowest BCUT2D eigenvalue weighted by atomic mass is 10.1. The lowest BCUT2D eigenvalue weighted by molar-refractivity contribution is 0.302. The van der Waals surface area contributed by atoms with Gasteiger partial charge in [-0.25, -0.2) is 0 Å².